The van der Waals surface area contributed by atoms with Gasteiger partial charge in [-0.3, -0.25) is 0 Å². The fourth-order valence-corrected chi connectivity index (χ4v) is 2.57. The molecule has 0 aliphatic heterocycles. The molecule has 0 bridgehead atoms. The maximum atomic E-state index is 12.9. The van der Waals surface area contributed by atoms with Gasteiger partial charge in [0.15, 0.2) is 0 Å². The van der Waals surface area contributed by atoms with Crippen molar-refractivity contribution in [2.45, 2.75) is 12.7 Å². The predicted molar refractivity (Wildman–Crippen MR) is 96.5 cm³/mol. The standard InChI is InChI=1S/C18H18ClF3N2O3/c1-24(10-11-4-6-13(26-2)9-16(11)27-3)17(25)23-12-5-7-15(19)14(8-12)18(20,21)22/h4-9H,10H2,1-3H3,(H,23,25). The van der Waals surface area contributed by atoms with Gasteiger partial charge >= 0.3 is 12.2 Å². The minimum absolute atomic E-state index is 0.00901. The lowest BCUT2D eigenvalue weighted by atomic mass is 10.1. The molecule has 0 aliphatic rings. The zero-order valence-electron chi connectivity index (χ0n) is 14.9. The van der Waals surface area contributed by atoms with Gasteiger partial charge in [0.05, 0.1) is 31.4 Å². The Hall–Kier alpha value is -2.61. The number of anilines is 1. The van der Waals surface area contributed by atoms with Crippen molar-refractivity contribution in [3.63, 3.8) is 0 Å². The number of methoxy groups -OCH3 is 2. The summed E-state index contributed by atoms with van der Waals surface area (Å²) >= 11 is 5.58. The van der Waals surface area contributed by atoms with E-state index in [9.17, 15) is 18.0 Å². The normalized spacial score (nSPS) is 11.1. The summed E-state index contributed by atoms with van der Waals surface area (Å²) < 4.78 is 49.2. The monoisotopic (exact) mass is 402 g/mol. The van der Waals surface area contributed by atoms with E-state index >= 15 is 0 Å². The van der Waals surface area contributed by atoms with E-state index in [0.29, 0.717) is 17.1 Å². The second-order valence-electron chi connectivity index (χ2n) is 5.66. The molecule has 0 saturated carbocycles. The van der Waals surface area contributed by atoms with Gasteiger partial charge < -0.3 is 19.7 Å². The zero-order valence-corrected chi connectivity index (χ0v) is 15.6. The molecule has 0 spiro atoms. The molecule has 2 rings (SSSR count). The van der Waals surface area contributed by atoms with Crippen molar-refractivity contribution in [2.75, 3.05) is 26.6 Å². The summed E-state index contributed by atoms with van der Waals surface area (Å²) in [6, 6.07) is 7.74. The Balaban J connectivity index is 2.13. The molecule has 0 saturated heterocycles. The average Bonchev–Trinajstić information content (AvgIpc) is 2.62. The molecule has 0 atom stereocenters. The first-order valence-electron chi connectivity index (χ1n) is 7.75. The van der Waals surface area contributed by atoms with Crippen LogP contribution in [0, 0.1) is 0 Å². The number of amides is 2. The number of nitrogens with zero attached hydrogens (tertiary/aromatic N) is 1. The van der Waals surface area contributed by atoms with Crippen molar-refractivity contribution in [2.24, 2.45) is 0 Å². The fraction of sp³-hybridized carbons (Fsp3) is 0.278. The van der Waals surface area contributed by atoms with Crippen LogP contribution in [-0.2, 0) is 12.7 Å². The van der Waals surface area contributed by atoms with Gasteiger partial charge in [-0.15, -0.1) is 0 Å². The highest BCUT2D eigenvalue weighted by atomic mass is 35.5. The third-order valence-corrected chi connectivity index (χ3v) is 4.10. The van der Waals surface area contributed by atoms with Gasteiger partial charge in [0, 0.05) is 24.4 Å². The molecule has 9 heteroatoms. The Morgan fingerprint density at radius 1 is 1.15 bits per heavy atom. The van der Waals surface area contributed by atoms with Gasteiger partial charge in [-0.05, 0) is 30.3 Å². The van der Waals surface area contributed by atoms with Crippen LogP contribution in [0.25, 0.3) is 0 Å². The van der Waals surface area contributed by atoms with Crippen LogP contribution in [0.2, 0.25) is 5.02 Å². The Morgan fingerprint density at radius 2 is 1.85 bits per heavy atom. The number of carbonyl (C=O) groups excluding carboxylic acids is 1. The summed E-state index contributed by atoms with van der Waals surface area (Å²) in [5.74, 6) is 1.13. The van der Waals surface area contributed by atoms with Crippen molar-refractivity contribution in [3.8, 4) is 11.5 Å². The molecule has 0 heterocycles. The SMILES string of the molecule is COc1ccc(CN(C)C(=O)Nc2ccc(Cl)c(C(F)(F)F)c2)c(OC)c1. The van der Waals surface area contributed by atoms with Crippen LogP contribution in [-0.4, -0.2) is 32.2 Å². The molecule has 146 valence electrons. The van der Waals surface area contributed by atoms with Gasteiger partial charge in [0.25, 0.3) is 0 Å². The van der Waals surface area contributed by atoms with E-state index in [4.69, 9.17) is 21.1 Å². The summed E-state index contributed by atoms with van der Waals surface area (Å²) in [4.78, 5) is 13.6. The first-order chi connectivity index (χ1) is 12.7. The number of benzene rings is 2. The Labute approximate surface area is 159 Å². The summed E-state index contributed by atoms with van der Waals surface area (Å²) in [6.45, 7) is 0.179. The van der Waals surface area contributed by atoms with Gasteiger partial charge in [-0.25, -0.2) is 4.79 Å². The summed E-state index contributed by atoms with van der Waals surface area (Å²) in [6.07, 6.45) is -4.61. The third-order valence-electron chi connectivity index (χ3n) is 3.77. The molecule has 0 aliphatic carbocycles. The van der Waals surface area contributed by atoms with Gasteiger partial charge in [-0.2, -0.15) is 13.2 Å². The molecule has 5 nitrogen and oxygen atoms in total. The van der Waals surface area contributed by atoms with E-state index in [2.05, 4.69) is 5.32 Å². The van der Waals surface area contributed by atoms with Crippen LogP contribution in [0.15, 0.2) is 36.4 Å². The molecular formula is C18H18ClF3N2O3. The topological polar surface area (TPSA) is 50.8 Å². The van der Waals surface area contributed by atoms with Gasteiger partial charge in [-0.1, -0.05) is 11.6 Å². The minimum atomic E-state index is -4.61. The van der Waals surface area contributed by atoms with Crippen LogP contribution < -0.4 is 14.8 Å². The molecule has 2 aromatic rings. The highest BCUT2D eigenvalue weighted by Gasteiger charge is 2.33. The number of hydrogen-bond donors (Lipinski definition) is 1. The average molecular weight is 403 g/mol. The molecule has 2 aromatic carbocycles. The maximum Gasteiger partial charge on any atom is 0.417 e. The first-order valence-corrected chi connectivity index (χ1v) is 8.13. The lowest BCUT2D eigenvalue weighted by molar-refractivity contribution is -0.137. The molecule has 0 unspecified atom stereocenters. The molecule has 0 aromatic heterocycles. The summed E-state index contributed by atoms with van der Waals surface area (Å²) in [7, 11) is 4.53. The van der Waals surface area contributed by atoms with Crippen LogP contribution in [0.5, 0.6) is 11.5 Å². The van der Waals surface area contributed by atoms with E-state index in [-0.39, 0.29) is 12.2 Å². The second kappa shape index (κ2) is 8.39. The van der Waals surface area contributed by atoms with E-state index < -0.39 is 22.8 Å². The molecule has 0 fully saturated rings. The number of carbonyl (C=O) groups is 1. The lowest BCUT2D eigenvalue weighted by Crippen LogP contribution is -2.31. The molecule has 0 radical (unpaired) electrons. The summed E-state index contributed by atoms with van der Waals surface area (Å²) in [5, 5.41) is 1.99. The number of halogens is 4. The number of ether oxygens (including phenoxy) is 2. The van der Waals surface area contributed by atoms with Crippen molar-refractivity contribution >= 4 is 23.3 Å². The largest absolute Gasteiger partial charge is 0.497 e. The van der Waals surface area contributed by atoms with Crippen LogP contribution in [0.4, 0.5) is 23.7 Å². The molecule has 27 heavy (non-hydrogen) atoms. The first kappa shape index (κ1) is 20.7. The van der Waals surface area contributed by atoms with E-state index in [1.807, 2.05) is 0 Å². The third kappa shape index (κ3) is 5.19. The van der Waals surface area contributed by atoms with Gasteiger partial charge in [0.2, 0.25) is 0 Å². The number of rotatable bonds is 5. The van der Waals surface area contributed by atoms with E-state index in [1.165, 1.54) is 32.2 Å². The quantitative estimate of drug-likeness (QED) is 0.762. The number of nitrogens with one attached hydrogen (secondary N) is 1. The highest BCUT2D eigenvalue weighted by molar-refractivity contribution is 6.31. The van der Waals surface area contributed by atoms with Crippen LogP contribution in [0.1, 0.15) is 11.1 Å². The maximum absolute atomic E-state index is 12.9. The zero-order chi connectivity index (χ0) is 20.2. The molecule has 2 amide bonds. The Bertz CT molecular complexity index is 828. The van der Waals surface area contributed by atoms with E-state index in [0.717, 1.165) is 12.1 Å². The smallest absolute Gasteiger partial charge is 0.417 e. The predicted octanol–water partition coefficient (Wildman–Crippen LogP) is 5.04. The van der Waals surface area contributed by atoms with Crippen molar-refractivity contribution in [1.82, 2.24) is 4.90 Å². The van der Waals surface area contributed by atoms with Crippen molar-refractivity contribution in [3.05, 3.63) is 52.5 Å². The summed E-state index contributed by atoms with van der Waals surface area (Å²) in [5.41, 5.74) is -0.310. The second-order valence-corrected chi connectivity index (χ2v) is 6.06. The highest BCUT2D eigenvalue weighted by Crippen LogP contribution is 2.36. The van der Waals surface area contributed by atoms with Gasteiger partial charge in [0.1, 0.15) is 11.5 Å². The number of alkyl halides is 3. The van der Waals surface area contributed by atoms with Crippen molar-refractivity contribution in [1.29, 1.82) is 0 Å². The Morgan fingerprint density at radius 3 is 2.44 bits per heavy atom. The molecule has 1 N–H and O–H groups in total. The fourth-order valence-electron chi connectivity index (χ4n) is 2.35. The number of urea groups is 1. The number of hydrogen-bond acceptors (Lipinski definition) is 3. The van der Waals surface area contributed by atoms with E-state index in [1.54, 1.807) is 18.2 Å². The Kier molecular flexibility index (Phi) is 6.43. The minimum Gasteiger partial charge on any atom is -0.497 e. The van der Waals surface area contributed by atoms with Crippen molar-refractivity contribution < 1.29 is 27.4 Å². The molecular weight excluding hydrogens is 385 g/mol. The van der Waals surface area contributed by atoms with Crippen LogP contribution in [0.3, 0.4) is 0 Å². The lowest BCUT2D eigenvalue weighted by Gasteiger charge is -2.20. The van der Waals surface area contributed by atoms with Crippen LogP contribution >= 0.6 is 11.6 Å².